The van der Waals surface area contributed by atoms with E-state index in [2.05, 4.69) is 38.5 Å². The smallest absolute Gasteiger partial charge is 0.0280 e. The summed E-state index contributed by atoms with van der Waals surface area (Å²) in [4.78, 5) is 0. The van der Waals surface area contributed by atoms with Crippen molar-refractivity contribution in [2.45, 2.75) is 6.92 Å². The number of rotatable bonds is 2. The van der Waals surface area contributed by atoms with E-state index in [1.54, 1.807) is 6.08 Å². The van der Waals surface area contributed by atoms with Crippen LogP contribution >= 0.6 is 38.5 Å². The summed E-state index contributed by atoms with van der Waals surface area (Å²) in [6.45, 7) is 1.96. The molecule has 0 fully saturated rings. The quantitative estimate of drug-likeness (QED) is 0.467. The van der Waals surface area contributed by atoms with Gasteiger partial charge in [0, 0.05) is 14.3 Å². The fourth-order valence-electron chi connectivity index (χ4n) is 0.225. The van der Waals surface area contributed by atoms with Gasteiger partial charge in [-0.05, 0) is 51.5 Å². The summed E-state index contributed by atoms with van der Waals surface area (Å²) in [7, 11) is 0. The van der Waals surface area contributed by atoms with Gasteiger partial charge in [0.1, 0.15) is 0 Å². The van der Waals surface area contributed by atoms with E-state index < -0.39 is 0 Å². The van der Waals surface area contributed by atoms with Crippen LogP contribution in [0.25, 0.3) is 0 Å². The first-order chi connectivity index (χ1) is 4.18. The zero-order chi connectivity index (χ0) is 7.28. The summed E-state index contributed by atoms with van der Waals surface area (Å²) in [5, 5.41) is 8.11. The molecule has 52 valence electrons. The standard InChI is InChI=1S/C5H7BrINO/c1-4(7)5(6)2-3-8-9/h2-3,8-9H,1H3/b3-2-,5-4+. The Morgan fingerprint density at radius 3 is 2.67 bits per heavy atom. The predicted molar refractivity (Wildman–Crippen MR) is 49.7 cm³/mol. The van der Waals surface area contributed by atoms with Gasteiger partial charge in [0.2, 0.25) is 0 Å². The van der Waals surface area contributed by atoms with Gasteiger partial charge in [0.25, 0.3) is 0 Å². The Hall–Kier alpha value is 0.450. The van der Waals surface area contributed by atoms with E-state index in [9.17, 15) is 0 Å². The number of hydrogen-bond acceptors (Lipinski definition) is 2. The van der Waals surface area contributed by atoms with Crippen molar-refractivity contribution in [1.82, 2.24) is 5.48 Å². The number of halogens is 2. The number of hydrogen-bond donors (Lipinski definition) is 2. The lowest BCUT2D eigenvalue weighted by atomic mass is 10.5. The minimum absolute atomic E-state index is 0.963. The van der Waals surface area contributed by atoms with Gasteiger partial charge in [-0.1, -0.05) is 0 Å². The van der Waals surface area contributed by atoms with Gasteiger partial charge in [-0.3, -0.25) is 10.7 Å². The van der Waals surface area contributed by atoms with Crippen LogP contribution < -0.4 is 5.48 Å². The zero-order valence-electron chi connectivity index (χ0n) is 4.86. The Morgan fingerprint density at radius 1 is 1.78 bits per heavy atom. The number of allylic oxidation sites excluding steroid dienone is 3. The van der Waals surface area contributed by atoms with E-state index in [4.69, 9.17) is 5.21 Å². The monoisotopic (exact) mass is 303 g/mol. The molecular formula is C5H7BrINO. The summed E-state index contributed by atoms with van der Waals surface area (Å²) >= 11 is 5.46. The van der Waals surface area contributed by atoms with Crippen LogP contribution in [0.1, 0.15) is 6.92 Å². The fraction of sp³-hybridized carbons (Fsp3) is 0.200. The van der Waals surface area contributed by atoms with Crippen molar-refractivity contribution in [2.24, 2.45) is 0 Å². The lowest BCUT2D eigenvalue weighted by Gasteiger charge is -1.89. The number of nitrogens with one attached hydrogen (secondary N) is 1. The van der Waals surface area contributed by atoms with E-state index in [0.717, 1.165) is 8.06 Å². The molecule has 0 aliphatic heterocycles. The summed E-state index contributed by atoms with van der Waals surface area (Å²) < 4.78 is 2.10. The molecular weight excluding hydrogens is 297 g/mol. The molecule has 0 spiro atoms. The van der Waals surface area contributed by atoms with E-state index in [0.29, 0.717) is 0 Å². The molecule has 0 bridgehead atoms. The van der Waals surface area contributed by atoms with Crippen molar-refractivity contribution in [3.05, 3.63) is 20.3 Å². The largest absolute Gasteiger partial charge is 0.292 e. The molecule has 0 heterocycles. The first kappa shape index (κ1) is 9.45. The third-order valence-electron chi connectivity index (χ3n) is 0.633. The summed E-state index contributed by atoms with van der Waals surface area (Å²) in [5.41, 5.74) is 1.91. The Morgan fingerprint density at radius 2 is 2.33 bits per heavy atom. The Bertz CT molecular complexity index is 140. The highest BCUT2D eigenvalue weighted by molar-refractivity contribution is 14.1. The van der Waals surface area contributed by atoms with Crippen LogP contribution in [-0.4, -0.2) is 5.21 Å². The van der Waals surface area contributed by atoms with Gasteiger partial charge in [-0.2, -0.15) is 0 Å². The molecule has 0 amide bonds. The SMILES string of the molecule is C/C(I)=C(Br)/C=C\NO. The van der Waals surface area contributed by atoms with E-state index in [1.165, 1.54) is 6.20 Å². The third-order valence-corrected chi connectivity index (χ3v) is 2.81. The molecule has 0 aliphatic carbocycles. The molecule has 0 aliphatic rings. The average Bonchev–Trinajstić information content (AvgIpc) is 1.82. The van der Waals surface area contributed by atoms with Crippen LogP contribution in [0.4, 0.5) is 0 Å². The van der Waals surface area contributed by atoms with E-state index in [1.807, 2.05) is 12.4 Å². The van der Waals surface area contributed by atoms with Crippen LogP contribution in [0, 0.1) is 0 Å². The Kier molecular flexibility index (Phi) is 5.51. The average molecular weight is 304 g/mol. The van der Waals surface area contributed by atoms with Gasteiger partial charge in [0.05, 0.1) is 0 Å². The van der Waals surface area contributed by atoms with Crippen molar-refractivity contribution in [3.8, 4) is 0 Å². The third kappa shape index (κ3) is 4.92. The molecule has 0 aromatic heterocycles. The van der Waals surface area contributed by atoms with E-state index >= 15 is 0 Å². The van der Waals surface area contributed by atoms with Crippen molar-refractivity contribution in [2.75, 3.05) is 0 Å². The maximum atomic E-state index is 8.11. The second kappa shape index (κ2) is 5.25. The van der Waals surface area contributed by atoms with E-state index in [-0.39, 0.29) is 0 Å². The summed E-state index contributed by atoms with van der Waals surface area (Å²) in [5.74, 6) is 0. The molecule has 0 aromatic carbocycles. The maximum Gasteiger partial charge on any atom is 0.0280 e. The highest BCUT2D eigenvalue weighted by Gasteiger charge is 1.86. The topological polar surface area (TPSA) is 32.3 Å². The lowest BCUT2D eigenvalue weighted by Crippen LogP contribution is -1.92. The molecule has 2 N–H and O–H groups in total. The molecule has 0 radical (unpaired) electrons. The van der Waals surface area contributed by atoms with Crippen molar-refractivity contribution in [3.63, 3.8) is 0 Å². The van der Waals surface area contributed by atoms with Crippen LogP contribution in [0.5, 0.6) is 0 Å². The first-order valence-electron chi connectivity index (χ1n) is 2.26. The molecule has 9 heavy (non-hydrogen) atoms. The lowest BCUT2D eigenvalue weighted by molar-refractivity contribution is 0.214. The van der Waals surface area contributed by atoms with Gasteiger partial charge in [-0.15, -0.1) is 0 Å². The van der Waals surface area contributed by atoms with Gasteiger partial charge < -0.3 is 0 Å². The van der Waals surface area contributed by atoms with Crippen LogP contribution in [0.3, 0.4) is 0 Å². The minimum atomic E-state index is 0.963. The van der Waals surface area contributed by atoms with Crippen molar-refractivity contribution < 1.29 is 5.21 Å². The maximum absolute atomic E-state index is 8.11. The molecule has 0 atom stereocenters. The normalized spacial score (nSPS) is 13.8. The molecule has 0 saturated heterocycles. The predicted octanol–water partition coefficient (Wildman–Crippen LogP) is 2.54. The molecule has 0 saturated carbocycles. The second-order valence-electron chi connectivity index (χ2n) is 1.34. The highest BCUT2D eigenvalue weighted by atomic mass is 127. The highest BCUT2D eigenvalue weighted by Crippen LogP contribution is 2.17. The van der Waals surface area contributed by atoms with Crippen LogP contribution in [-0.2, 0) is 0 Å². The fourth-order valence-corrected chi connectivity index (χ4v) is 0.537. The minimum Gasteiger partial charge on any atom is -0.292 e. The number of hydroxylamine groups is 1. The van der Waals surface area contributed by atoms with Crippen LogP contribution in [0.15, 0.2) is 20.3 Å². The van der Waals surface area contributed by atoms with Gasteiger partial charge >= 0.3 is 0 Å². The molecule has 0 aromatic rings. The molecule has 0 unspecified atom stereocenters. The molecule has 2 nitrogen and oxygen atoms in total. The zero-order valence-corrected chi connectivity index (χ0v) is 8.60. The summed E-state index contributed by atoms with van der Waals surface area (Å²) in [6.07, 6.45) is 3.16. The Labute approximate surface area is 76.2 Å². The van der Waals surface area contributed by atoms with Crippen molar-refractivity contribution in [1.29, 1.82) is 0 Å². The molecule has 0 rings (SSSR count). The van der Waals surface area contributed by atoms with Crippen molar-refractivity contribution >= 4 is 38.5 Å². The van der Waals surface area contributed by atoms with Crippen LogP contribution in [0.2, 0.25) is 0 Å². The second-order valence-corrected chi connectivity index (χ2v) is 3.82. The Balaban J connectivity index is 3.91. The molecule has 4 heteroatoms. The first-order valence-corrected chi connectivity index (χ1v) is 4.13. The summed E-state index contributed by atoms with van der Waals surface area (Å²) in [6, 6.07) is 0. The van der Waals surface area contributed by atoms with Gasteiger partial charge in [0.15, 0.2) is 0 Å². The van der Waals surface area contributed by atoms with Gasteiger partial charge in [-0.25, -0.2) is 0 Å².